The Labute approximate surface area is 229 Å². The van der Waals surface area contributed by atoms with Crippen LogP contribution in [0.3, 0.4) is 0 Å². The number of nitrogens with zero attached hydrogens (tertiary/aromatic N) is 1. The first-order valence-electron chi connectivity index (χ1n) is 13.1. The lowest BCUT2D eigenvalue weighted by molar-refractivity contribution is -0.0883. The number of allylic oxidation sites excluding steroid dienone is 4. The normalized spacial score (nSPS) is 13.3. The van der Waals surface area contributed by atoms with Crippen molar-refractivity contribution in [2.45, 2.75) is 66.2 Å². The van der Waals surface area contributed by atoms with E-state index in [9.17, 15) is 18.0 Å². The van der Waals surface area contributed by atoms with Crippen LogP contribution in [0.25, 0.3) is 5.57 Å². The van der Waals surface area contributed by atoms with Gasteiger partial charge in [0.25, 0.3) is 0 Å². The highest BCUT2D eigenvalue weighted by molar-refractivity contribution is 5.92. The van der Waals surface area contributed by atoms with Crippen LogP contribution in [-0.2, 0) is 16.1 Å². The third-order valence-electron chi connectivity index (χ3n) is 5.32. The summed E-state index contributed by atoms with van der Waals surface area (Å²) in [6.45, 7) is 11.3. The predicted octanol–water partition coefficient (Wildman–Crippen LogP) is 8.68. The van der Waals surface area contributed by atoms with Gasteiger partial charge < -0.3 is 15.2 Å². The molecule has 0 saturated heterocycles. The van der Waals surface area contributed by atoms with E-state index >= 15 is 0 Å². The number of hydrogen-bond donors (Lipinski definition) is 1. The van der Waals surface area contributed by atoms with Crippen LogP contribution in [0, 0.1) is 0 Å². The largest absolute Gasteiger partial charge is 0.476 e. The van der Waals surface area contributed by atoms with E-state index in [1.54, 1.807) is 19.9 Å². The number of ether oxygens (including phenoxy) is 2. The molecule has 0 radical (unpaired) electrons. The van der Waals surface area contributed by atoms with Crippen molar-refractivity contribution < 1.29 is 27.4 Å². The van der Waals surface area contributed by atoms with E-state index in [2.05, 4.69) is 17.6 Å². The first-order chi connectivity index (χ1) is 18.7. The van der Waals surface area contributed by atoms with Crippen LogP contribution in [0.5, 0.6) is 0 Å². The van der Waals surface area contributed by atoms with Gasteiger partial charge in [-0.2, -0.15) is 13.2 Å². The Hall–Kier alpha value is -3.81. The maximum Gasteiger partial charge on any atom is 0.417 e. The van der Waals surface area contributed by atoms with Crippen molar-refractivity contribution in [1.82, 2.24) is 0 Å². The number of nitrogens with two attached hydrogens (primary N) is 1. The standard InChI is InChI=1S/C15H16F3NO.C14H17NO2.C2H6/c1-3-13(15(16,17)18)10-19-14(4-2)20-11-12-8-6-5-7-9-12;1-2-17-14(16)12-7-11(8-13(15)9-12)10-5-3-4-6-10;1-2/h3,5-10H,1,4,11H2,2H3;5,7-9H,2-4,6,15H2,1H3;1-2H3/b13-10+,19-14?;;. The molecule has 0 aliphatic heterocycles. The first-order valence-corrected chi connectivity index (χ1v) is 13.1. The molecule has 212 valence electrons. The minimum atomic E-state index is -4.45. The second-order valence-corrected chi connectivity index (χ2v) is 8.12. The van der Waals surface area contributed by atoms with Gasteiger partial charge in [-0.3, -0.25) is 0 Å². The Bertz CT molecular complexity index is 1140. The van der Waals surface area contributed by atoms with Crippen molar-refractivity contribution in [3.63, 3.8) is 0 Å². The Kier molecular flexibility index (Phi) is 15.0. The highest BCUT2D eigenvalue weighted by atomic mass is 19.4. The molecule has 39 heavy (non-hydrogen) atoms. The predicted molar refractivity (Wildman–Crippen MR) is 153 cm³/mol. The Morgan fingerprint density at radius 2 is 1.79 bits per heavy atom. The van der Waals surface area contributed by atoms with E-state index < -0.39 is 11.7 Å². The van der Waals surface area contributed by atoms with E-state index in [0.29, 0.717) is 24.3 Å². The number of aliphatic imine (C=N–C) groups is 1. The second kappa shape index (κ2) is 17.7. The van der Waals surface area contributed by atoms with Crippen LogP contribution >= 0.6 is 0 Å². The van der Waals surface area contributed by atoms with Crippen molar-refractivity contribution in [3.05, 3.63) is 95.7 Å². The zero-order valence-corrected chi connectivity index (χ0v) is 23.2. The van der Waals surface area contributed by atoms with Crippen molar-refractivity contribution >= 4 is 23.1 Å². The highest BCUT2D eigenvalue weighted by Crippen LogP contribution is 2.29. The number of esters is 1. The number of nitrogen functional groups attached to an aromatic ring is 1. The number of carbonyl (C=O) groups is 1. The fourth-order valence-electron chi connectivity index (χ4n) is 3.46. The van der Waals surface area contributed by atoms with Crippen LogP contribution in [0.1, 0.15) is 74.9 Å². The number of carbonyl (C=O) groups excluding carboxylic acids is 1. The molecular weight excluding hydrogens is 505 g/mol. The molecule has 5 nitrogen and oxygen atoms in total. The van der Waals surface area contributed by atoms with Gasteiger partial charge in [0.2, 0.25) is 0 Å². The maximum absolute atomic E-state index is 12.5. The van der Waals surface area contributed by atoms with Crippen molar-refractivity contribution in [3.8, 4) is 0 Å². The molecule has 0 spiro atoms. The zero-order valence-electron chi connectivity index (χ0n) is 23.2. The number of rotatable bonds is 8. The summed E-state index contributed by atoms with van der Waals surface area (Å²) in [6, 6.07) is 14.8. The second-order valence-electron chi connectivity index (χ2n) is 8.12. The fraction of sp³-hybridized carbons (Fsp3) is 0.355. The minimum Gasteiger partial charge on any atom is -0.476 e. The molecule has 0 heterocycles. The Morgan fingerprint density at radius 1 is 1.10 bits per heavy atom. The number of halogens is 3. The van der Waals surface area contributed by atoms with Gasteiger partial charge in [-0.15, -0.1) is 0 Å². The van der Waals surface area contributed by atoms with E-state index in [1.807, 2.05) is 56.3 Å². The Balaban J connectivity index is 0.000000370. The number of benzene rings is 2. The molecule has 0 fully saturated rings. The molecule has 0 saturated carbocycles. The van der Waals surface area contributed by atoms with Gasteiger partial charge in [-0.1, -0.05) is 69.8 Å². The molecule has 8 heteroatoms. The lowest BCUT2D eigenvalue weighted by atomic mass is 10.0. The lowest BCUT2D eigenvalue weighted by Crippen LogP contribution is -2.10. The quantitative estimate of drug-likeness (QED) is 0.119. The van der Waals surface area contributed by atoms with Gasteiger partial charge in [0.1, 0.15) is 6.61 Å². The summed E-state index contributed by atoms with van der Waals surface area (Å²) in [5.74, 6) is -0.0582. The van der Waals surface area contributed by atoms with E-state index in [0.717, 1.165) is 36.2 Å². The average Bonchev–Trinajstić information content (AvgIpc) is 3.47. The molecular formula is C31H39F3N2O3. The zero-order chi connectivity index (χ0) is 29.3. The number of anilines is 1. The summed E-state index contributed by atoms with van der Waals surface area (Å²) in [7, 11) is 0. The summed E-state index contributed by atoms with van der Waals surface area (Å²) in [5, 5.41) is 0. The third kappa shape index (κ3) is 12.1. The van der Waals surface area contributed by atoms with Crippen LogP contribution in [0.2, 0.25) is 0 Å². The van der Waals surface area contributed by atoms with Gasteiger partial charge in [0.15, 0.2) is 5.90 Å². The van der Waals surface area contributed by atoms with Crippen LogP contribution < -0.4 is 5.73 Å². The smallest absolute Gasteiger partial charge is 0.417 e. The lowest BCUT2D eigenvalue weighted by Gasteiger charge is -2.08. The molecule has 0 unspecified atom stereocenters. The summed E-state index contributed by atoms with van der Waals surface area (Å²) >= 11 is 0. The van der Waals surface area contributed by atoms with Gasteiger partial charge >= 0.3 is 12.1 Å². The molecule has 1 aliphatic rings. The van der Waals surface area contributed by atoms with Gasteiger partial charge in [0.05, 0.1) is 17.7 Å². The number of alkyl halides is 3. The molecule has 0 bridgehead atoms. The molecule has 0 atom stereocenters. The molecule has 0 amide bonds. The highest BCUT2D eigenvalue weighted by Gasteiger charge is 2.31. The van der Waals surface area contributed by atoms with Crippen LogP contribution in [-0.4, -0.2) is 24.7 Å². The van der Waals surface area contributed by atoms with E-state index in [-0.39, 0.29) is 18.5 Å². The number of hydrogen-bond acceptors (Lipinski definition) is 5. The summed E-state index contributed by atoms with van der Waals surface area (Å²) in [4.78, 5) is 15.4. The van der Waals surface area contributed by atoms with Crippen LogP contribution in [0.4, 0.5) is 18.9 Å². The molecule has 3 rings (SSSR count). The molecule has 2 aromatic rings. The Morgan fingerprint density at radius 3 is 2.33 bits per heavy atom. The SMILES string of the molecule is C=C/C(=C\N=C(CC)OCc1ccccc1)C(F)(F)F.CC.CCOC(=O)c1cc(N)cc(C2=CCCC2)c1. The van der Waals surface area contributed by atoms with E-state index in [4.69, 9.17) is 15.2 Å². The summed E-state index contributed by atoms with van der Waals surface area (Å²) < 4.78 is 47.8. The van der Waals surface area contributed by atoms with Crippen molar-refractivity contribution in [2.24, 2.45) is 4.99 Å². The fourth-order valence-corrected chi connectivity index (χ4v) is 3.46. The molecule has 0 aromatic heterocycles. The third-order valence-corrected chi connectivity index (χ3v) is 5.32. The monoisotopic (exact) mass is 544 g/mol. The summed E-state index contributed by atoms with van der Waals surface area (Å²) in [6.07, 6.45) is 2.98. The minimum absolute atomic E-state index is 0.248. The van der Waals surface area contributed by atoms with Crippen molar-refractivity contribution in [1.29, 1.82) is 0 Å². The van der Waals surface area contributed by atoms with Gasteiger partial charge in [0, 0.05) is 18.3 Å². The van der Waals surface area contributed by atoms with Gasteiger partial charge in [-0.05, 0) is 61.1 Å². The van der Waals surface area contributed by atoms with Gasteiger partial charge in [-0.25, -0.2) is 9.79 Å². The molecule has 2 aromatic carbocycles. The first kappa shape index (κ1) is 33.2. The molecule has 1 aliphatic carbocycles. The van der Waals surface area contributed by atoms with E-state index in [1.165, 1.54) is 12.0 Å². The molecule has 2 N–H and O–H groups in total. The summed E-state index contributed by atoms with van der Waals surface area (Å²) in [5.41, 5.74) is 9.33. The average molecular weight is 545 g/mol. The van der Waals surface area contributed by atoms with Crippen molar-refractivity contribution in [2.75, 3.05) is 12.3 Å². The topological polar surface area (TPSA) is 73.9 Å². The van der Waals surface area contributed by atoms with Crippen LogP contribution in [0.15, 0.2) is 84.0 Å². The maximum atomic E-state index is 12.5.